The second-order valence-electron chi connectivity index (χ2n) is 6.49. The standard InChI is InChI=1S/C23H17N3O2S/c1-15-4-2-3-5-20(15)28-14-22(27)25-18-9-7-17(8-10-18)23-26-19-12-16(13-24)6-11-21(19)29-23/h2-12H,14H2,1H3,(H,25,27). The summed E-state index contributed by atoms with van der Waals surface area (Å²) < 4.78 is 6.61. The number of aryl methyl sites for hydroxylation is 1. The fourth-order valence-electron chi connectivity index (χ4n) is 2.88. The highest BCUT2D eigenvalue weighted by molar-refractivity contribution is 7.21. The molecule has 6 heteroatoms. The Morgan fingerprint density at radius 2 is 1.93 bits per heavy atom. The quantitative estimate of drug-likeness (QED) is 0.503. The van der Waals surface area contributed by atoms with Crippen LogP contribution in [0.3, 0.4) is 0 Å². The summed E-state index contributed by atoms with van der Waals surface area (Å²) in [6.07, 6.45) is 0. The van der Waals surface area contributed by atoms with E-state index in [0.717, 1.165) is 26.4 Å². The molecule has 0 radical (unpaired) electrons. The third-order valence-corrected chi connectivity index (χ3v) is 5.47. The molecule has 1 N–H and O–H groups in total. The number of nitrogens with one attached hydrogen (secondary N) is 1. The zero-order valence-electron chi connectivity index (χ0n) is 15.7. The number of thiazole rings is 1. The lowest BCUT2D eigenvalue weighted by molar-refractivity contribution is -0.118. The van der Waals surface area contributed by atoms with Crippen molar-refractivity contribution in [1.82, 2.24) is 4.98 Å². The molecule has 4 rings (SSSR count). The number of anilines is 1. The predicted molar refractivity (Wildman–Crippen MR) is 115 cm³/mol. The number of carbonyl (C=O) groups excluding carboxylic acids is 1. The van der Waals surface area contributed by atoms with Crippen LogP contribution < -0.4 is 10.1 Å². The molecule has 0 saturated heterocycles. The molecule has 0 saturated carbocycles. The Kier molecular flexibility index (Phi) is 5.23. The van der Waals surface area contributed by atoms with Crippen LogP contribution in [0.2, 0.25) is 0 Å². The van der Waals surface area contributed by atoms with Crippen LogP contribution in [-0.4, -0.2) is 17.5 Å². The number of rotatable bonds is 5. The molecule has 0 aliphatic rings. The highest BCUT2D eigenvalue weighted by Gasteiger charge is 2.09. The summed E-state index contributed by atoms with van der Waals surface area (Å²) in [5.41, 5.74) is 4.05. The number of carbonyl (C=O) groups is 1. The molecule has 29 heavy (non-hydrogen) atoms. The lowest BCUT2D eigenvalue weighted by Crippen LogP contribution is -2.20. The van der Waals surface area contributed by atoms with Crippen LogP contribution in [0.4, 0.5) is 5.69 Å². The first-order valence-electron chi connectivity index (χ1n) is 9.02. The summed E-state index contributed by atoms with van der Waals surface area (Å²) in [4.78, 5) is 16.8. The molecule has 1 amide bonds. The number of hydrogen-bond acceptors (Lipinski definition) is 5. The smallest absolute Gasteiger partial charge is 0.262 e. The molecule has 0 atom stereocenters. The number of aromatic nitrogens is 1. The molecular weight excluding hydrogens is 382 g/mol. The van der Waals surface area contributed by atoms with Crippen molar-refractivity contribution in [1.29, 1.82) is 5.26 Å². The van der Waals surface area contributed by atoms with Gasteiger partial charge in [0.1, 0.15) is 10.8 Å². The van der Waals surface area contributed by atoms with Gasteiger partial charge in [-0.25, -0.2) is 4.98 Å². The van der Waals surface area contributed by atoms with Crippen LogP contribution >= 0.6 is 11.3 Å². The first-order chi connectivity index (χ1) is 14.1. The van der Waals surface area contributed by atoms with Gasteiger partial charge in [0.05, 0.1) is 21.8 Å². The average Bonchev–Trinajstić information content (AvgIpc) is 3.17. The van der Waals surface area contributed by atoms with E-state index < -0.39 is 0 Å². The van der Waals surface area contributed by atoms with Crippen LogP contribution in [0.25, 0.3) is 20.8 Å². The van der Waals surface area contributed by atoms with E-state index in [9.17, 15) is 4.79 Å². The molecule has 3 aromatic carbocycles. The van der Waals surface area contributed by atoms with Gasteiger partial charge in [-0.3, -0.25) is 4.79 Å². The highest BCUT2D eigenvalue weighted by Crippen LogP contribution is 2.31. The van der Waals surface area contributed by atoms with Crippen molar-refractivity contribution in [3.05, 3.63) is 77.9 Å². The van der Waals surface area contributed by atoms with E-state index in [0.29, 0.717) is 17.0 Å². The van der Waals surface area contributed by atoms with E-state index in [1.807, 2.05) is 61.5 Å². The minimum atomic E-state index is -0.218. The first kappa shape index (κ1) is 18.7. The summed E-state index contributed by atoms with van der Waals surface area (Å²) in [5, 5.41) is 12.7. The van der Waals surface area contributed by atoms with Crippen molar-refractivity contribution in [2.45, 2.75) is 6.92 Å². The monoisotopic (exact) mass is 399 g/mol. The Balaban J connectivity index is 1.42. The molecule has 0 fully saturated rings. The SMILES string of the molecule is Cc1ccccc1OCC(=O)Nc1ccc(-c2nc3cc(C#N)ccc3s2)cc1. The number of nitriles is 1. The Morgan fingerprint density at radius 3 is 2.69 bits per heavy atom. The van der Waals surface area contributed by atoms with Gasteiger partial charge >= 0.3 is 0 Å². The topological polar surface area (TPSA) is 75.0 Å². The Bertz CT molecular complexity index is 1220. The number of amides is 1. The highest BCUT2D eigenvalue weighted by atomic mass is 32.1. The van der Waals surface area contributed by atoms with Crippen LogP contribution in [0, 0.1) is 18.3 Å². The number of hydrogen-bond donors (Lipinski definition) is 1. The van der Waals surface area contributed by atoms with Crippen LogP contribution in [0.1, 0.15) is 11.1 Å². The number of nitrogens with zero attached hydrogens (tertiary/aromatic N) is 2. The molecule has 1 heterocycles. The minimum absolute atomic E-state index is 0.0499. The molecule has 1 aromatic heterocycles. The van der Waals surface area contributed by atoms with E-state index in [1.54, 1.807) is 23.5 Å². The number of benzene rings is 3. The molecule has 5 nitrogen and oxygen atoms in total. The maximum absolute atomic E-state index is 12.2. The molecule has 142 valence electrons. The molecule has 4 aromatic rings. The number of para-hydroxylation sites is 1. The molecule has 0 aliphatic heterocycles. The van der Waals surface area contributed by atoms with Gasteiger partial charge in [-0.15, -0.1) is 11.3 Å². The van der Waals surface area contributed by atoms with Gasteiger partial charge in [0, 0.05) is 11.3 Å². The van der Waals surface area contributed by atoms with Gasteiger partial charge < -0.3 is 10.1 Å². The second kappa shape index (κ2) is 8.13. The summed E-state index contributed by atoms with van der Waals surface area (Å²) in [7, 11) is 0. The van der Waals surface area contributed by atoms with E-state index in [4.69, 9.17) is 10.00 Å². The number of fused-ring (bicyclic) bond motifs is 1. The fraction of sp³-hybridized carbons (Fsp3) is 0.0870. The zero-order valence-corrected chi connectivity index (χ0v) is 16.5. The van der Waals surface area contributed by atoms with Crippen LogP contribution in [0.5, 0.6) is 5.75 Å². The van der Waals surface area contributed by atoms with Crippen molar-refractivity contribution in [2.24, 2.45) is 0 Å². The Morgan fingerprint density at radius 1 is 1.14 bits per heavy atom. The van der Waals surface area contributed by atoms with Gasteiger partial charge in [-0.2, -0.15) is 5.26 Å². The van der Waals surface area contributed by atoms with Gasteiger partial charge in [0.2, 0.25) is 0 Å². The van der Waals surface area contributed by atoms with Crippen molar-refractivity contribution < 1.29 is 9.53 Å². The number of ether oxygens (including phenoxy) is 1. The largest absolute Gasteiger partial charge is 0.483 e. The predicted octanol–water partition coefficient (Wildman–Crippen LogP) is 5.16. The van der Waals surface area contributed by atoms with Gasteiger partial charge in [-0.1, -0.05) is 18.2 Å². The molecule has 0 unspecified atom stereocenters. The van der Waals surface area contributed by atoms with Crippen molar-refractivity contribution in [3.63, 3.8) is 0 Å². The lowest BCUT2D eigenvalue weighted by atomic mass is 10.2. The molecule has 0 aliphatic carbocycles. The van der Waals surface area contributed by atoms with Gasteiger partial charge in [0.15, 0.2) is 6.61 Å². The summed E-state index contributed by atoms with van der Waals surface area (Å²) in [5.74, 6) is 0.485. The maximum Gasteiger partial charge on any atom is 0.262 e. The van der Waals surface area contributed by atoms with Crippen LogP contribution in [-0.2, 0) is 4.79 Å². The normalized spacial score (nSPS) is 10.5. The molecular formula is C23H17N3O2S. The Labute approximate surface area is 172 Å². The Hall–Kier alpha value is -3.69. The third-order valence-electron chi connectivity index (χ3n) is 4.38. The van der Waals surface area contributed by atoms with E-state index >= 15 is 0 Å². The van der Waals surface area contributed by atoms with Gasteiger partial charge in [-0.05, 0) is 61.0 Å². The van der Waals surface area contributed by atoms with E-state index in [2.05, 4.69) is 16.4 Å². The van der Waals surface area contributed by atoms with Gasteiger partial charge in [0.25, 0.3) is 5.91 Å². The summed E-state index contributed by atoms with van der Waals surface area (Å²) >= 11 is 1.57. The first-order valence-corrected chi connectivity index (χ1v) is 9.83. The van der Waals surface area contributed by atoms with Crippen molar-refractivity contribution in [3.8, 4) is 22.4 Å². The summed E-state index contributed by atoms with van der Waals surface area (Å²) in [6, 6.07) is 22.7. The molecule has 0 bridgehead atoms. The maximum atomic E-state index is 12.2. The van der Waals surface area contributed by atoms with E-state index in [1.165, 1.54) is 0 Å². The van der Waals surface area contributed by atoms with Crippen molar-refractivity contribution >= 4 is 33.1 Å². The van der Waals surface area contributed by atoms with E-state index in [-0.39, 0.29) is 12.5 Å². The van der Waals surface area contributed by atoms with Crippen molar-refractivity contribution in [2.75, 3.05) is 11.9 Å². The second-order valence-corrected chi connectivity index (χ2v) is 7.52. The molecule has 0 spiro atoms. The lowest BCUT2D eigenvalue weighted by Gasteiger charge is -2.09. The summed E-state index contributed by atoms with van der Waals surface area (Å²) in [6.45, 7) is 1.89. The average molecular weight is 399 g/mol. The van der Waals surface area contributed by atoms with Crippen LogP contribution in [0.15, 0.2) is 66.7 Å². The zero-order chi connectivity index (χ0) is 20.2. The fourth-order valence-corrected chi connectivity index (χ4v) is 3.83. The third kappa shape index (κ3) is 4.26. The minimum Gasteiger partial charge on any atom is -0.483 e.